The van der Waals surface area contributed by atoms with Gasteiger partial charge in [-0.15, -0.1) is 0 Å². The minimum atomic E-state index is -4.41. The molecule has 2 heterocycles. The number of rotatable bonds is 11. The molecule has 1 unspecified atom stereocenters. The smallest absolute Gasteiger partial charge is 0.293 e. The lowest BCUT2D eigenvalue weighted by atomic mass is 9.71. The molecule has 1 atom stereocenters. The number of anilines is 2. The molecule has 0 radical (unpaired) electrons. The van der Waals surface area contributed by atoms with E-state index in [0.29, 0.717) is 11.5 Å². The number of amides is 1. The fraction of sp³-hybridized carbons (Fsp3) is 0.293. The van der Waals surface area contributed by atoms with E-state index in [1.165, 1.54) is 48.0 Å². The number of ether oxygens (including phenoxy) is 1. The molecule has 1 aromatic heterocycles. The lowest BCUT2D eigenvalue weighted by molar-refractivity contribution is -0.384. The van der Waals surface area contributed by atoms with Crippen LogP contribution in [0.15, 0.2) is 102 Å². The van der Waals surface area contributed by atoms with Crippen LogP contribution in [0.25, 0.3) is 16.5 Å². The number of carbonyl (C=O) groups is 1. The van der Waals surface area contributed by atoms with Crippen LogP contribution in [0.4, 0.5) is 17.1 Å². The summed E-state index contributed by atoms with van der Waals surface area (Å²) in [6.07, 6.45) is 5.96. The van der Waals surface area contributed by atoms with E-state index in [4.69, 9.17) is 16.3 Å². The summed E-state index contributed by atoms with van der Waals surface area (Å²) in [5.41, 5.74) is 6.04. The minimum absolute atomic E-state index is 0.0705. The summed E-state index contributed by atoms with van der Waals surface area (Å²) < 4.78 is 34.6. The second kappa shape index (κ2) is 15.4. The number of nitro benzene ring substituents is 1. The molecule has 2 aliphatic rings. The third kappa shape index (κ3) is 8.19. The average Bonchev–Trinajstić information content (AvgIpc) is 3.65. The van der Waals surface area contributed by atoms with Crippen LogP contribution in [0.2, 0.25) is 5.02 Å². The predicted octanol–water partition coefficient (Wildman–Crippen LogP) is 8.51. The number of sulfonamides is 1. The molecule has 12 nitrogen and oxygen atoms in total. The standard InChI is InChI=1S/C41H43ClN6O6S/c1-41(2)18-16-28(34(24-41)26-4-8-29(42)9-5-26)22-30-25-44-20-21-47(30)39-33-17-19-45-35(33)14-15-38(39)54-31-10-6-27(7-11-31)40(49)46-55(52,53)32-12-13-36(43-3)37(23-32)48(50)51/h4-15,17,19,23,30,43-45H,16,18,20-22,24-25H2,1-3H3,(H,46,49). The maximum atomic E-state index is 13.1. The summed E-state index contributed by atoms with van der Waals surface area (Å²) in [7, 11) is -2.92. The highest BCUT2D eigenvalue weighted by atomic mass is 35.5. The first-order valence-electron chi connectivity index (χ1n) is 18.2. The number of piperazine rings is 1. The van der Waals surface area contributed by atoms with Crippen LogP contribution in [0, 0.1) is 15.5 Å². The number of benzene rings is 4. The molecule has 14 heteroatoms. The van der Waals surface area contributed by atoms with Crippen LogP contribution in [0.1, 0.15) is 55.5 Å². The lowest BCUT2D eigenvalue weighted by Crippen LogP contribution is -2.51. The molecule has 286 valence electrons. The van der Waals surface area contributed by atoms with Crippen molar-refractivity contribution in [3.05, 3.63) is 123 Å². The normalized spacial score (nSPS) is 17.2. The number of nitrogens with one attached hydrogen (secondary N) is 4. The maximum absolute atomic E-state index is 13.1. The molecular weight excluding hydrogens is 740 g/mol. The van der Waals surface area contributed by atoms with Gasteiger partial charge in [0, 0.05) is 66.5 Å². The van der Waals surface area contributed by atoms with Crippen LogP contribution in [-0.4, -0.2) is 57.0 Å². The van der Waals surface area contributed by atoms with Crippen molar-refractivity contribution in [1.29, 1.82) is 0 Å². The van der Waals surface area contributed by atoms with Gasteiger partial charge < -0.3 is 25.3 Å². The van der Waals surface area contributed by atoms with Gasteiger partial charge in [0.05, 0.1) is 15.5 Å². The molecule has 4 N–H and O–H groups in total. The highest BCUT2D eigenvalue weighted by molar-refractivity contribution is 7.90. The summed E-state index contributed by atoms with van der Waals surface area (Å²) >= 11 is 6.28. The van der Waals surface area contributed by atoms with E-state index in [-0.39, 0.29) is 22.7 Å². The Morgan fingerprint density at radius 2 is 1.82 bits per heavy atom. The minimum Gasteiger partial charge on any atom is -0.455 e. The second-order valence-corrected chi connectivity index (χ2v) is 16.9. The molecule has 1 aliphatic carbocycles. The highest BCUT2D eigenvalue weighted by Crippen LogP contribution is 2.46. The number of nitro groups is 1. The Bertz CT molecular complexity index is 2390. The van der Waals surface area contributed by atoms with Crippen molar-refractivity contribution in [1.82, 2.24) is 15.0 Å². The Labute approximate surface area is 325 Å². The monoisotopic (exact) mass is 782 g/mol. The molecule has 1 saturated heterocycles. The summed E-state index contributed by atoms with van der Waals surface area (Å²) in [6.45, 7) is 7.07. The third-order valence-electron chi connectivity index (χ3n) is 10.5. The van der Waals surface area contributed by atoms with Crippen LogP contribution in [-0.2, 0) is 10.0 Å². The van der Waals surface area contributed by atoms with Crippen molar-refractivity contribution in [3.8, 4) is 11.5 Å². The van der Waals surface area contributed by atoms with Gasteiger partial charge in [0.2, 0.25) is 0 Å². The average molecular weight is 783 g/mol. The zero-order valence-electron chi connectivity index (χ0n) is 30.8. The topological polar surface area (TPSA) is 159 Å². The Morgan fingerprint density at radius 3 is 2.55 bits per heavy atom. The Balaban J connectivity index is 1.14. The molecule has 7 rings (SSSR count). The molecule has 4 aromatic carbocycles. The number of allylic oxidation sites excluding steroid dienone is 1. The first kappa shape index (κ1) is 37.9. The molecular formula is C41H43ClN6O6S. The van der Waals surface area contributed by atoms with Gasteiger partial charge in [0.15, 0.2) is 5.75 Å². The van der Waals surface area contributed by atoms with Crippen LogP contribution in [0.3, 0.4) is 0 Å². The molecule has 1 amide bonds. The second-order valence-electron chi connectivity index (χ2n) is 14.8. The van der Waals surface area contributed by atoms with E-state index in [1.807, 2.05) is 35.2 Å². The number of H-pyrrole nitrogens is 1. The number of hydrogen-bond acceptors (Lipinski definition) is 9. The number of fused-ring (bicyclic) bond motifs is 1. The molecule has 55 heavy (non-hydrogen) atoms. The van der Waals surface area contributed by atoms with Crippen molar-refractivity contribution in [2.24, 2.45) is 5.41 Å². The van der Waals surface area contributed by atoms with E-state index in [2.05, 4.69) is 52.6 Å². The number of halogens is 1. The van der Waals surface area contributed by atoms with E-state index in [0.717, 1.165) is 73.0 Å². The van der Waals surface area contributed by atoms with Crippen molar-refractivity contribution >= 4 is 61.1 Å². The first-order chi connectivity index (χ1) is 26.3. The molecule has 0 spiro atoms. The van der Waals surface area contributed by atoms with Crippen molar-refractivity contribution < 1.29 is 22.9 Å². The summed E-state index contributed by atoms with van der Waals surface area (Å²) in [5.74, 6) is 0.230. The number of carbonyl (C=O) groups excluding carboxylic acids is 1. The largest absolute Gasteiger partial charge is 0.455 e. The van der Waals surface area contributed by atoms with Gasteiger partial charge >= 0.3 is 0 Å². The van der Waals surface area contributed by atoms with Crippen molar-refractivity contribution in [2.75, 3.05) is 36.9 Å². The first-order valence-corrected chi connectivity index (χ1v) is 20.0. The summed E-state index contributed by atoms with van der Waals surface area (Å²) in [4.78, 5) is 29.3. The lowest BCUT2D eigenvalue weighted by Gasteiger charge is -2.41. The van der Waals surface area contributed by atoms with Gasteiger partial charge in [-0.1, -0.05) is 43.2 Å². The van der Waals surface area contributed by atoms with Crippen LogP contribution < -0.4 is 25.0 Å². The maximum Gasteiger partial charge on any atom is 0.293 e. The molecule has 5 aromatic rings. The Kier molecular flexibility index (Phi) is 10.6. The van der Waals surface area contributed by atoms with Crippen LogP contribution >= 0.6 is 11.6 Å². The fourth-order valence-electron chi connectivity index (χ4n) is 7.60. The molecule has 0 saturated carbocycles. The Hall–Kier alpha value is -5.37. The van der Waals surface area contributed by atoms with Gasteiger partial charge in [-0.3, -0.25) is 14.9 Å². The van der Waals surface area contributed by atoms with E-state index >= 15 is 0 Å². The summed E-state index contributed by atoms with van der Waals surface area (Å²) in [6, 6.07) is 23.9. The third-order valence-corrected chi connectivity index (χ3v) is 12.1. The molecule has 1 fully saturated rings. The number of nitrogens with zero attached hydrogens (tertiary/aromatic N) is 2. The van der Waals surface area contributed by atoms with E-state index < -0.39 is 31.4 Å². The van der Waals surface area contributed by atoms with Crippen LogP contribution in [0.5, 0.6) is 11.5 Å². The fourth-order valence-corrected chi connectivity index (χ4v) is 8.71. The van der Waals surface area contributed by atoms with Gasteiger partial charge in [-0.05, 0) is 109 Å². The zero-order valence-corrected chi connectivity index (χ0v) is 32.4. The quantitative estimate of drug-likeness (QED) is 0.0761. The van der Waals surface area contributed by atoms with E-state index in [1.54, 1.807) is 12.1 Å². The summed E-state index contributed by atoms with van der Waals surface area (Å²) in [5, 5.41) is 19.5. The predicted molar refractivity (Wildman–Crippen MR) is 217 cm³/mol. The van der Waals surface area contributed by atoms with Crippen molar-refractivity contribution in [2.45, 2.75) is 50.5 Å². The SMILES string of the molecule is CNc1ccc(S(=O)(=O)NC(=O)c2ccc(Oc3ccc4[nH]ccc4c3N3CCNCC3CC3=C(c4ccc(Cl)cc4)CC(C)(C)CC3)cc2)cc1[N+](=O)[O-]. The van der Waals surface area contributed by atoms with E-state index in [9.17, 15) is 23.3 Å². The number of aromatic nitrogens is 1. The van der Waals surface area contributed by atoms with Crippen molar-refractivity contribution in [3.63, 3.8) is 0 Å². The number of hydrogen-bond donors (Lipinski definition) is 4. The van der Waals surface area contributed by atoms with Gasteiger partial charge in [-0.2, -0.15) is 0 Å². The highest BCUT2D eigenvalue weighted by Gasteiger charge is 2.33. The number of aromatic amines is 1. The molecule has 0 bridgehead atoms. The van der Waals surface area contributed by atoms with Gasteiger partial charge in [0.1, 0.15) is 11.4 Å². The molecule has 1 aliphatic heterocycles. The van der Waals surface area contributed by atoms with Gasteiger partial charge in [0.25, 0.3) is 21.6 Å². The zero-order chi connectivity index (χ0) is 38.9. The van der Waals surface area contributed by atoms with Gasteiger partial charge in [-0.25, -0.2) is 13.1 Å². The Morgan fingerprint density at radius 1 is 1.05 bits per heavy atom.